The van der Waals surface area contributed by atoms with Gasteiger partial charge >= 0.3 is 6.03 Å². The molecule has 3 aliphatic rings. The summed E-state index contributed by atoms with van der Waals surface area (Å²) in [4.78, 5) is 52.6. The zero-order chi connectivity index (χ0) is 31.0. The molecule has 12 heteroatoms. The molecule has 6 rings (SSSR count). The van der Waals surface area contributed by atoms with Crippen molar-refractivity contribution in [1.29, 1.82) is 0 Å². The van der Waals surface area contributed by atoms with Crippen LogP contribution in [0, 0.1) is 17.3 Å². The molecule has 44 heavy (non-hydrogen) atoms. The smallest absolute Gasteiger partial charge is 0.317 e. The van der Waals surface area contributed by atoms with E-state index in [4.69, 9.17) is 0 Å². The molecule has 0 spiro atoms. The van der Waals surface area contributed by atoms with Crippen LogP contribution in [0.5, 0.6) is 0 Å². The average molecular weight is 599 g/mol. The summed E-state index contributed by atoms with van der Waals surface area (Å²) in [6.07, 6.45) is 6.72. The molecule has 0 saturated heterocycles. The first kappa shape index (κ1) is 29.5. The molecule has 12 nitrogen and oxygen atoms in total. The van der Waals surface area contributed by atoms with Crippen LogP contribution in [0.2, 0.25) is 0 Å². The highest BCUT2D eigenvalue weighted by molar-refractivity contribution is 6.23. The van der Waals surface area contributed by atoms with Gasteiger partial charge in [0.25, 0.3) is 23.7 Å². The summed E-state index contributed by atoms with van der Waals surface area (Å²) in [5, 5.41) is 22.8. The van der Waals surface area contributed by atoms with E-state index in [9.17, 15) is 19.2 Å². The Kier molecular flexibility index (Phi) is 7.91. The van der Waals surface area contributed by atoms with Gasteiger partial charge in [-0.05, 0) is 103 Å². The van der Waals surface area contributed by atoms with Crippen LogP contribution in [0.1, 0.15) is 107 Å². The number of benzene rings is 2. The Bertz CT molecular complexity index is 1600. The van der Waals surface area contributed by atoms with Crippen molar-refractivity contribution in [2.24, 2.45) is 17.3 Å². The fraction of sp³-hybridized carbons (Fsp3) is 0.469. The fourth-order valence-electron chi connectivity index (χ4n) is 6.41. The number of hydrogen-bond acceptors (Lipinski definition) is 7. The van der Waals surface area contributed by atoms with Gasteiger partial charge in [0, 0.05) is 11.3 Å². The van der Waals surface area contributed by atoms with Gasteiger partial charge in [0.1, 0.15) is 6.67 Å². The third-order valence-corrected chi connectivity index (χ3v) is 9.08. The van der Waals surface area contributed by atoms with E-state index in [0.29, 0.717) is 40.6 Å². The molecule has 2 heterocycles. The normalized spacial score (nSPS) is 19.7. The third-order valence-electron chi connectivity index (χ3n) is 9.08. The Morgan fingerprint density at radius 3 is 2.39 bits per heavy atom. The zero-order valence-electron chi connectivity index (χ0n) is 25.3. The van der Waals surface area contributed by atoms with Gasteiger partial charge in [0.05, 0.1) is 11.1 Å². The van der Waals surface area contributed by atoms with E-state index >= 15 is 0 Å². The van der Waals surface area contributed by atoms with E-state index in [1.165, 1.54) is 0 Å². The molecule has 0 atom stereocenters. The molecule has 3 aromatic rings. The quantitative estimate of drug-likeness (QED) is 0.269. The van der Waals surface area contributed by atoms with Crippen molar-refractivity contribution >= 4 is 35.4 Å². The van der Waals surface area contributed by atoms with Crippen LogP contribution in [0.15, 0.2) is 36.4 Å². The van der Waals surface area contributed by atoms with Crippen molar-refractivity contribution in [2.75, 3.05) is 10.6 Å². The van der Waals surface area contributed by atoms with Gasteiger partial charge in [0.2, 0.25) is 0 Å². The number of carbonyl (C=O) groups excluding carboxylic acids is 4. The third kappa shape index (κ3) is 6.34. The van der Waals surface area contributed by atoms with E-state index in [2.05, 4.69) is 57.4 Å². The molecule has 0 radical (unpaired) electrons. The first-order valence-electron chi connectivity index (χ1n) is 15.3. The van der Waals surface area contributed by atoms with Crippen molar-refractivity contribution in [3.8, 4) is 0 Å². The lowest BCUT2D eigenvalue weighted by molar-refractivity contribution is 0.0878. The van der Waals surface area contributed by atoms with Gasteiger partial charge < -0.3 is 10.6 Å². The minimum absolute atomic E-state index is 0.00947. The Morgan fingerprint density at radius 1 is 0.977 bits per heavy atom. The second-order valence-electron chi connectivity index (χ2n) is 13.2. The predicted molar refractivity (Wildman–Crippen MR) is 163 cm³/mol. The minimum Gasteiger partial charge on any atom is -0.317 e. The minimum atomic E-state index is -0.497. The molecule has 0 unspecified atom stereocenters. The van der Waals surface area contributed by atoms with Crippen molar-refractivity contribution in [1.82, 2.24) is 30.8 Å². The van der Waals surface area contributed by atoms with E-state index in [1.807, 2.05) is 12.1 Å². The van der Waals surface area contributed by atoms with E-state index in [0.717, 1.165) is 54.4 Å². The molecule has 2 aliphatic carbocycles. The Morgan fingerprint density at radius 2 is 1.70 bits per heavy atom. The molecular formula is C32H38N8O4. The molecule has 5 amide bonds. The molecule has 4 N–H and O–H groups in total. The maximum atomic E-state index is 13.3. The number of hydrogen-bond donors (Lipinski definition) is 4. The second kappa shape index (κ2) is 11.8. The topological polar surface area (TPSA) is 160 Å². The molecule has 2 fully saturated rings. The molecule has 0 bridgehead atoms. The molecule has 2 aromatic carbocycles. The van der Waals surface area contributed by atoms with Gasteiger partial charge in [0.15, 0.2) is 0 Å². The maximum absolute atomic E-state index is 13.3. The average Bonchev–Trinajstić information content (AvgIpc) is 3.63. The Hall–Kier alpha value is -4.61. The van der Waals surface area contributed by atoms with Crippen molar-refractivity contribution in [2.45, 2.75) is 78.3 Å². The predicted octanol–water partition coefficient (Wildman–Crippen LogP) is 4.86. The summed E-state index contributed by atoms with van der Waals surface area (Å²) in [7, 11) is 0. The first-order chi connectivity index (χ1) is 21.1. The number of fused-ring (bicyclic) bond motifs is 1. The summed E-state index contributed by atoms with van der Waals surface area (Å²) in [6, 6.07) is 10.00. The van der Waals surface area contributed by atoms with Gasteiger partial charge in [-0.15, -0.1) is 9.90 Å². The van der Waals surface area contributed by atoms with E-state index in [1.54, 1.807) is 24.3 Å². The Labute approximate surface area is 255 Å². The largest absolute Gasteiger partial charge is 0.320 e. The number of nitrogens with zero attached hydrogens (tertiary/aromatic N) is 4. The summed E-state index contributed by atoms with van der Waals surface area (Å²) >= 11 is 0. The number of imide groups is 1. The lowest BCUT2D eigenvalue weighted by atomic mass is 9.68. The Balaban J connectivity index is 1.21. The number of nitrogens with one attached hydrogen (secondary N) is 4. The van der Waals surface area contributed by atoms with Crippen LogP contribution >= 0.6 is 0 Å². The summed E-state index contributed by atoms with van der Waals surface area (Å²) in [6.45, 7) is 6.73. The molecule has 1 aromatic heterocycles. The highest BCUT2D eigenvalue weighted by atomic mass is 16.2. The van der Waals surface area contributed by atoms with Crippen LogP contribution < -0.4 is 21.3 Å². The molecular weight excluding hydrogens is 560 g/mol. The molecule has 1 aliphatic heterocycles. The highest BCUT2D eigenvalue weighted by Crippen LogP contribution is 2.47. The number of tetrazole rings is 1. The summed E-state index contributed by atoms with van der Waals surface area (Å²) < 4.78 is 0. The van der Waals surface area contributed by atoms with Crippen molar-refractivity contribution in [3.05, 3.63) is 64.2 Å². The number of anilines is 2. The van der Waals surface area contributed by atoms with Gasteiger partial charge in [-0.25, -0.2) is 4.79 Å². The van der Waals surface area contributed by atoms with Crippen LogP contribution in [0.3, 0.4) is 0 Å². The lowest BCUT2D eigenvalue weighted by Gasteiger charge is -2.38. The standard InChI is InChI=1S/C32H38N8O4/c1-32(2,3)21-13-11-19(12-14-21)22-16-24-25(29(43)35-28(24)42)23(15-18-9-10-18)26(22)34-31(44)33-17-40-38-30(37-39-40)36-27(41)20-7-5-4-6-8-20/h4-8,16,18-19,21H,9-15,17H2,1-3H3,(H2,33,34,44)(H,35,42,43)(H,36,38,41). The van der Waals surface area contributed by atoms with Crippen molar-refractivity contribution in [3.63, 3.8) is 0 Å². The van der Waals surface area contributed by atoms with E-state index in [-0.39, 0.29) is 35.8 Å². The zero-order valence-corrected chi connectivity index (χ0v) is 25.3. The van der Waals surface area contributed by atoms with Crippen LogP contribution in [-0.4, -0.2) is 44.0 Å². The number of rotatable bonds is 8. The van der Waals surface area contributed by atoms with Crippen LogP contribution in [-0.2, 0) is 13.1 Å². The number of amides is 5. The maximum Gasteiger partial charge on any atom is 0.320 e. The van der Waals surface area contributed by atoms with Gasteiger partial charge in [-0.3, -0.25) is 25.0 Å². The number of carbonyl (C=O) groups is 4. The van der Waals surface area contributed by atoms with Crippen LogP contribution in [0.4, 0.5) is 16.4 Å². The van der Waals surface area contributed by atoms with Gasteiger partial charge in [-0.2, -0.15) is 0 Å². The highest BCUT2D eigenvalue weighted by Gasteiger charge is 2.38. The van der Waals surface area contributed by atoms with Crippen LogP contribution in [0.25, 0.3) is 0 Å². The summed E-state index contributed by atoms with van der Waals surface area (Å²) in [5.41, 5.74) is 3.73. The number of aromatic nitrogens is 4. The van der Waals surface area contributed by atoms with Crippen molar-refractivity contribution < 1.29 is 19.2 Å². The first-order valence-corrected chi connectivity index (χ1v) is 15.3. The number of urea groups is 1. The SMILES string of the molecule is CC(C)(C)C1CCC(c2cc3c(c(CC4CC4)c2NC(=O)NCn2nnc(NC(=O)c4ccccc4)n2)C(=O)NC3=O)CC1. The summed E-state index contributed by atoms with van der Waals surface area (Å²) in [5.74, 6) is 0.0168. The lowest BCUT2D eigenvalue weighted by Crippen LogP contribution is -2.33. The van der Waals surface area contributed by atoms with E-state index < -0.39 is 11.9 Å². The molecule has 2 saturated carbocycles. The monoisotopic (exact) mass is 598 g/mol. The van der Waals surface area contributed by atoms with Gasteiger partial charge in [-0.1, -0.05) is 44.1 Å². The second-order valence-corrected chi connectivity index (χ2v) is 13.2. The molecule has 230 valence electrons. The fourth-order valence-corrected chi connectivity index (χ4v) is 6.41.